The fourth-order valence-corrected chi connectivity index (χ4v) is 3.43. The number of nitrogens with one attached hydrogen (secondary N) is 1. The molecule has 3 aromatic carbocycles. The lowest BCUT2D eigenvalue weighted by atomic mass is 10.0. The summed E-state index contributed by atoms with van der Waals surface area (Å²) in [5.74, 6) is -0.230. The maximum absolute atomic E-state index is 13.1. The van der Waals surface area contributed by atoms with Crippen molar-refractivity contribution in [3.05, 3.63) is 94.0 Å². The van der Waals surface area contributed by atoms with Gasteiger partial charge in [-0.3, -0.25) is 4.79 Å². The molecule has 0 saturated heterocycles. The highest BCUT2D eigenvalue weighted by molar-refractivity contribution is 6.42. The van der Waals surface area contributed by atoms with Crippen molar-refractivity contribution < 1.29 is 4.79 Å². The van der Waals surface area contributed by atoms with Gasteiger partial charge in [-0.05, 0) is 42.8 Å². The first-order valence-corrected chi connectivity index (χ1v) is 9.51. The van der Waals surface area contributed by atoms with Crippen molar-refractivity contribution in [3.63, 3.8) is 0 Å². The quantitative estimate of drug-likeness (QED) is 0.407. The van der Waals surface area contributed by atoms with Gasteiger partial charge in [0.15, 0.2) is 0 Å². The van der Waals surface area contributed by atoms with Gasteiger partial charge >= 0.3 is 0 Å². The Hall–Kier alpha value is -2.88. The van der Waals surface area contributed by atoms with E-state index in [0.717, 1.165) is 27.7 Å². The molecule has 3 nitrogen and oxygen atoms in total. The van der Waals surface area contributed by atoms with Crippen molar-refractivity contribution >= 4 is 45.7 Å². The number of nitrogens with zero attached hydrogens (tertiary/aromatic N) is 1. The molecule has 0 atom stereocenters. The first kappa shape index (κ1) is 18.5. The Morgan fingerprint density at radius 1 is 0.893 bits per heavy atom. The maximum atomic E-state index is 13.1. The van der Waals surface area contributed by atoms with Gasteiger partial charge in [0.1, 0.15) is 0 Å². The van der Waals surface area contributed by atoms with Gasteiger partial charge in [-0.1, -0.05) is 65.7 Å². The smallest absolute Gasteiger partial charge is 0.256 e. The lowest BCUT2D eigenvalue weighted by molar-refractivity contribution is 0.102. The molecule has 0 radical (unpaired) electrons. The SMILES string of the molecule is Cc1ccccc1-c1cc(C(=O)Nc2ccc(Cl)c(Cl)c2)c2ccccc2n1. The number of carbonyl (C=O) groups excluding carboxylic acids is 1. The molecule has 0 aliphatic carbocycles. The second-order valence-electron chi connectivity index (χ2n) is 6.47. The molecular formula is C23H16Cl2N2O. The molecule has 138 valence electrons. The van der Waals surface area contributed by atoms with Crippen molar-refractivity contribution in [1.82, 2.24) is 4.98 Å². The van der Waals surface area contributed by atoms with Gasteiger partial charge < -0.3 is 5.32 Å². The van der Waals surface area contributed by atoms with Crippen LogP contribution < -0.4 is 5.32 Å². The molecular weight excluding hydrogens is 391 g/mol. The predicted octanol–water partition coefficient (Wildman–Crippen LogP) is 6.77. The second-order valence-corrected chi connectivity index (χ2v) is 7.28. The Kier molecular flexibility index (Phi) is 5.03. The summed E-state index contributed by atoms with van der Waals surface area (Å²) in [5.41, 5.74) is 4.75. The van der Waals surface area contributed by atoms with E-state index in [1.165, 1.54) is 0 Å². The number of benzene rings is 3. The summed E-state index contributed by atoms with van der Waals surface area (Å²) in [7, 11) is 0. The summed E-state index contributed by atoms with van der Waals surface area (Å²) >= 11 is 12.0. The molecule has 5 heteroatoms. The molecule has 1 heterocycles. The third-order valence-corrected chi connectivity index (χ3v) is 5.30. The summed E-state index contributed by atoms with van der Waals surface area (Å²) in [5, 5.41) is 4.52. The van der Waals surface area contributed by atoms with Crippen molar-refractivity contribution in [2.45, 2.75) is 6.92 Å². The van der Waals surface area contributed by atoms with Crippen LogP contribution in [0.5, 0.6) is 0 Å². The highest BCUT2D eigenvalue weighted by Crippen LogP contribution is 2.29. The molecule has 28 heavy (non-hydrogen) atoms. The number of carbonyl (C=O) groups is 1. The number of anilines is 1. The van der Waals surface area contributed by atoms with E-state index in [2.05, 4.69) is 5.32 Å². The zero-order valence-electron chi connectivity index (χ0n) is 15.0. The topological polar surface area (TPSA) is 42.0 Å². The van der Waals surface area contributed by atoms with Crippen LogP contribution in [0.1, 0.15) is 15.9 Å². The molecule has 0 aliphatic rings. The molecule has 0 spiro atoms. The van der Waals surface area contributed by atoms with Crippen LogP contribution >= 0.6 is 23.2 Å². The number of aryl methyl sites for hydroxylation is 1. The van der Waals surface area contributed by atoms with Crippen LogP contribution in [0.25, 0.3) is 22.2 Å². The van der Waals surface area contributed by atoms with E-state index in [9.17, 15) is 4.79 Å². The van der Waals surface area contributed by atoms with Crippen LogP contribution in [-0.2, 0) is 0 Å². The van der Waals surface area contributed by atoms with Crippen LogP contribution in [0.3, 0.4) is 0 Å². The normalized spacial score (nSPS) is 10.8. The van der Waals surface area contributed by atoms with E-state index in [0.29, 0.717) is 21.3 Å². The Morgan fingerprint density at radius 2 is 1.64 bits per heavy atom. The summed E-state index contributed by atoms with van der Waals surface area (Å²) < 4.78 is 0. The summed E-state index contributed by atoms with van der Waals surface area (Å²) in [4.78, 5) is 17.8. The molecule has 1 N–H and O–H groups in total. The van der Waals surface area contributed by atoms with Crippen LogP contribution in [-0.4, -0.2) is 10.9 Å². The van der Waals surface area contributed by atoms with Gasteiger partial charge in [0.2, 0.25) is 0 Å². The zero-order valence-corrected chi connectivity index (χ0v) is 16.6. The van der Waals surface area contributed by atoms with E-state index in [1.54, 1.807) is 18.2 Å². The minimum Gasteiger partial charge on any atom is -0.322 e. The Bertz CT molecular complexity index is 1200. The van der Waals surface area contributed by atoms with Crippen LogP contribution in [0, 0.1) is 6.92 Å². The lowest BCUT2D eigenvalue weighted by Crippen LogP contribution is -2.13. The molecule has 1 amide bonds. The van der Waals surface area contributed by atoms with Gasteiger partial charge in [0, 0.05) is 16.6 Å². The molecule has 0 aliphatic heterocycles. The lowest BCUT2D eigenvalue weighted by Gasteiger charge is -2.12. The van der Waals surface area contributed by atoms with E-state index < -0.39 is 0 Å². The van der Waals surface area contributed by atoms with E-state index in [4.69, 9.17) is 28.2 Å². The number of para-hydroxylation sites is 1. The number of aromatic nitrogens is 1. The monoisotopic (exact) mass is 406 g/mol. The average Bonchev–Trinajstić information content (AvgIpc) is 2.70. The van der Waals surface area contributed by atoms with Gasteiger partial charge in [0.05, 0.1) is 26.8 Å². The van der Waals surface area contributed by atoms with Crippen molar-refractivity contribution in [2.75, 3.05) is 5.32 Å². The Morgan fingerprint density at radius 3 is 2.43 bits per heavy atom. The molecule has 0 saturated carbocycles. The number of fused-ring (bicyclic) bond motifs is 1. The standard InChI is InChI=1S/C23H16Cl2N2O/c1-14-6-2-3-7-16(14)22-13-18(17-8-4-5-9-21(17)27-22)23(28)26-15-10-11-19(24)20(25)12-15/h2-13H,1H3,(H,26,28). The molecule has 4 aromatic rings. The van der Waals surface area contributed by atoms with Gasteiger partial charge in [-0.25, -0.2) is 4.98 Å². The van der Waals surface area contributed by atoms with Crippen molar-refractivity contribution in [1.29, 1.82) is 0 Å². The zero-order chi connectivity index (χ0) is 19.7. The van der Waals surface area contributed by atoms with Crippen molar-refractivity contribution in [2.24, 2.45) is 0 Å². The first-order valence-electron chi connectivity index (χ1n) is 8.75. The third-order valence-electron chi connectivity index (χ3n) is 4.56. The van der Waals surface area contributed by atoms with Gasteiger partial charge in [-0.2, -0.15) is 0 Å². The fourth-order valence-electron chi connectivity index (χ4n) is 3.13. The molecule has 0 unspecified atom stereocenters. The van der Waals surface area contributed by atoms with Crippen LogP contribution in [0.4, 0.5) is 5.69 Å². The minimum atomic E-state index is -0.230. The molecule has 0 fully saturated rings. The molecule has 0 bridgehead atoms. The minimum absolute atomic E-state index is 0.230. The Balaban J connectivity index is 1.82. The average molecular weight is 407 g/mol. The van der Waals surface area contributed by atoms with Crippen molar-refractivity contribution in [3.8, 4) is 11.3 Å². The second kappa shape index (κ2) is 7.63. The first-order chi connectivity index (χ1) is 13.5. The molecule has 4 rings (SSSR count). The predicted molar refractivity (Wildman–Crippen MR) is 116 cm³/mol. The van der Waals surface area contributed by atoms with Crippen LogP contribution in [0.15, 0.2) is 72.8 Å². The number of hydrogen-bond acceptors (Lipinski definition) is 2. The highest BCUT2D eigenvalue weighted by atomic mass is 35.5. The molecule has 1 aromatic heterocycles. The fraction of sp³-hybridized carbons (Fsp3) is 0.0435. The number of pyridine rings is 1. The third kappa shape index (κ3) is 3.59. The number of rotatable bonds is 3. The summed E-state index contributed by atoms with van der Waals surface area (Å²) in [6.45, 7) is 2.03. The summed E-state index contributed by atoms with van der Waals surface area (Å²) in [6.07, 6.45) is 0. The number of hydrogen-bond donors (Lipinski definition) is 1. The van der Waals surface area contributed by atoms with E-state index >= 15 is 0 Å². The highest BCUT2D eigenvalue weighted by Gasteiger charge is 2.15. The summed E-state index contributed by atoms with van der Waals surface area (Å²) in [6, 6.07) is 22.4. The van der Waals surface area contributed by atoms with Gasteiger partial charge in [0.25, 0.3) is 5.91 Å². The van der Waals surface area contributed by atoms with Crippen LogP contribution in [0.2, 0.25) is 10.0 Å². The number of amides is 1. The Labute approximate surface area is 172 Å². The van der Waals surface area contributed by atoms with E-state index in [-0.39, 0.29) is 5.91 Å². The largest absolute Gasteiger partial charge is 0.322 e. The number of halogens is 2. The van der Waals surface area contributed by atoms with E-state index in [1.807, 2.05) is 61.5 Å². The van der Waals surface area contributed by atoms with Gasteiger partial charge in [-0.15, -0.1) is 0 Å². The maximum Gasteiger partial charge on any atom is 0.256 e.